The van der Waals surface area contributed by atoms with E-state index in [0.29, 0.717) is 17.9 Å². The molecule has 0 aliphatic carbocycles. The van der Waals surface area contributed by atoms with Crippen LogP contribution in [0.1, 0.15) is 35.2 Å². The zero-order valence-electron chi connectivity index (χ0n) is 14.1. The fourth-order valence-corrected chi connectivity index (χ4v) is 3.52. The van der Waals surface area contributed by atoms with Gasteiger partial charge in [0.15, 0.2) is 0 Å². The number of anilines is 1. The van der Waals surface area contributed by atoms with Gasteiger partial charge < -0.3 is 10.1 Å². The Morgan fingerprint density at radius 3 is 2.62 bits per heavy atom. The number of ether oxygens (including phenoxy) is 1. The van der Waals surface area contributed by atoms with E-state index >= 15 is 0 Å². The van der Waals surface area contributed by atoms with Crippen molar-refractivity contribution >= 4 is 5.95 Å². The Kier molecular flexibility index (Phi) is 4.28. The summed E-state index contributed by atoms with van der Waals surface area (Å²) < 4.78 is 32.1. The van der Waals surface area contributed by atoms with Crippen molar-refractivity contribution < 1.29 is 13.5 Å². The lowest BCUT2D eigenvalue weighted by atomic mass is 9.91. The number of hydrogen-bond donors (Lipinski definition) is 1. The van der Waals surface area contributed by atoms with Crippen LogP contribution >= 0.6 is 0 Å². The Balaban J connectivity index is 1.74. The van der Waals surface area contributed by atoms with Gasteiger partial charge in [0.1, 0.15) is 12.1 Å². The van der Waals surface area contributed by atoms with Gasteiger partial charge in [0, 0.05) is 5.56 Å². The van der Waals surface area contributed by atoms with Gasteiger partial charge in [0.2, 0.25) is 5.95 Å². The Bertz CT molecular complexity index is 912. The van der Waals surface area contributed by atoms with Crippen molar-refractivity contribution in [3.63, 3.8) is 0 Å². The standard InChI is InChI=1S/C19H18F2N4O/c1-12-6-2-3-7-13(12)16-10-15(24-19-22-11-23-25(16)19)14-8-4-5-9-17(14)26-18(20)21/h2-9,11,15-16,18H,10H2,1H3,(H,22,23,24)/t15-,16+/m0/s1. The van der Waals surface area contributed by atoms with E-state index in [1.165, 1.54) is 6.33 Å². The van der Waals surface area contributed by atoms with Crippen LogP contribution in [0.15, 0.2) is 54.9 Å². The molecule has 0 radical (unpaired) electrons. The number of nitrogens with zero attached hydrogens (tertiary/aromatic N) is 3. The van der Waals surface area contributed by atoms with Gasteiger partial charge in [-0.25, -0.2) is 4.68 Å². The maximum atomic E-state index is 12.8. The molecule has 1 aromatic heterocycles. The van der Waals surface area contributed by atoms with Gasteiger partial charge in [-0.2, -0.15) is 18.9 Å². The van der Waals surface area contributed by atoms with Crippen molar-refractivity contribution in [3.05, 3.63) is 71.5 Å². The van der Waals surface area contributed by atoms with E-state index in [0.717, 1.165) is 11.1 Å². The average Bonchev–Trinajstić information content (AvgIpc) is 3.10. The summed E-state index contributed by atoms with van der Waals surface area (Å²) in [5.74, 6) is 0.790. The van der Waals surface area contributed by atoms with Crippen molar-refractivity contribution in [3.8, 4) is 5.75 Å². The van der Waals surface area contributed by atoms with Crippen LogP contribution in [0.4, 0.5) is 14.7 Å². The molecule has 2 aromatic carbocycles. The molecule has 2 atom stereocenters. The first-order chi connectivity index (χ1) is 12.6. The molecular formula is C19H18F2N4O. The van der Waals surface area contributed by atoms with Crippen LogP contribution in [0.25, 0.3) is 0 Å². The molecule has 134 valence electrons. The van der Waals surface area contributed by atoms with Gasteiger partial charge >= 0.3 is 6.61 Å². The highest BCUT2D eigenvalue weighted by Gasteiger charge is 2.32. The molecule has 0 bridgehead atoms. The van der Waals surface area contributed by atoms with E-state index in [1.54, 1.807) is 18.2 Å². The lowest BCUT2D eigenvalue weighted by Gasteiger charge is -2.33. The van der Waals surface area contributed by atoms with Crippen molar-refractivity contribution in [2.75, 3.05) is 5.32 Å². The van der Waals surface area contributed by atoms with Crippen LogP contribution in [0.3, 0.4) is 0 Å². The van der Waals surface area contributed by atoms with Crippen molar-refractivity contribution in [2.45, 2.75) is 32.0 Å². The molecule has 1 aliphatic heterocycles. The monoisotopic (exact) mass is 356 g/mol. The topological polar surface area (TPSA) is 52.0 Å². The molecule has 2 heterocycles. The Labute approximate surface area is 149 Å². The van der Waals surface area contributed by atoms with E-state index in [4.69, 9.17) is 4.74 Å². The molecule has 0 unspecified atom stereocenters. The highest BCUT2D eigenvalue weighted by Crippen LogP contribution is 2.40. The molecule has 5 nitrogen and oxygen atoms in total. The summed E-state index contributed by atoms with van der Waals surface area (Å²) in [6.07, 6.45) is 2.14. The number of halogens is 2. The molecule has 3 aromatic rings. The normalized spacial score (nSPS) is 19.1. The molecule has 0 amide bonds. The van der Waals surface area contributed by atoms with Crippen molar-refractivity contribution in [2.24, 2.45) is 0 Å². The van der Waals surface area contributed by atoms with E-state index in [9.17, 15) is 8.78 Å². The molecule has 4 rings (SSSR count). The van der Waals surface area contributed by atoms with Gasteiger partial charge in [-0.05, 0) is 30.5 Å². The molecule has 0 fully saturated rings. The predicted octanol–water partition coefficient (Wildman–Crippen LogP) is 4.33. The summed E-state index contributed by atoms with van der Waals surface area (Å²) in [5.41, 5.74) is 2.97. The van der Waals surface area contributed by atoms with Crippen LogP contribution in [0.5, 0.6) is 5.75 Å². The molecule has 0 saturated carbocycles. The summed E-state index contributed by atoms with van der Waals surface area (Å²) in [5, 5.41) is 7.64. The lowest BCUT2D eigenvalue weighted by Crippen LogP contribution is -2.28. The minimum absolute atomic E-state index is 0.0421. The lowest BCUT2D eigenvalue weighted by molar-refractivity contribution is -0.0506. The average molecular weight is 356 g/mol. The molecule has 26 heavy (non-hydrogen) atoms. The van der Waals surface area contributed by atoms with Gasteiger partial charge in [0.05, 0.1) is 12.1 Å². The van der Waals surface area contributed by atoms with Crippen LogP contribution in [0, 0.1) is 6.92 Å². The van der Waals surface area contributed by atoms with Crippen molar-refractivity contribution in [1.82, 2.24) is 14.8 Å². The summed E-state index contributed by atoms with van der Waals surface area (Å²) in [6, 6.07) is 14.7. The summed E-state index contributed by atoms with van der Waals surface area (Å²) in [6.45, 7) is -0.813. The molecule has 0 saturated heterocycles. The van der Waals surface area contributed by atoms with Crippen LogP contribution in [-0.2, 0) is 0 Å². The van der Waals surface area contributed by atoms with Crippen LogP contribution in [0.2, 0.25) is 0 Å². The van der Waals surface area contributed by atoms with Gasteiger partial charge in [-0.15, -0.1) is 0 Å². The molecule has 1 aliphatic rings. The number of hydrogen-bond acceptors (Lipinski definition) is 4. The predicted molar refractivity (Wildman–Crippen MR) is 93.4 cm³/mol. The molecule has 0 spiro atoms. The first-order valence-corrected chi connectivity index (χ1v) is 8.39. The number of fused-ring (bicyclic) bond motifs is 1. The highest BCUT2D eigenvalue weighted by atomic mass is 19.3. The highest BCUT2D eigenvalue weighted by molar-refractivity contribution is 5.44. The van der Waals surface area contributed by atoms with E-state index in [-0.39, 0.29) is 17.8 Å². The smallest absolute Gasteiger partial charge is 0.387 e. The maximum Gasteiger partial charge on any atom is 0.387 e. The number of benzene rings is 2. The SMILES string of the molecule is Cc1ccccc1[C@H]1C[C@@H](c2ccccc2OC(F)F)Nc2ncnn21. The Morgan fingerprint density at radius 1 is 1.12 bits per heavy atom. The number of aromatic nitrogens is 3. The maximum absolute atomic E-state index is 12.8. The largest absolute Gasteiger partial charge is 0.434 e. The Morgan fingerprint density at radius 2 is 1.85 bits per heavy atom. The summed E-state index contributed by atoms with van der Waals surface area (Å²) in [7, 11) is 0. The third-order valence-electron chi connectivity index (χ3n) is 4.69. The molecule has 7 heteroatoms. The van der Waals surface area contributed by atoms with Gasteiger partial charge in [0.25, 0.3) is 0 Å². The van der Waals surface area contributed by atoms with E-state index in [1.807, 2.05) is 22.9 Å². The fraction of sp³-hybridized carbons (Fsp3) is 0.263. The first kappa shape index (κ1) is 16.5. The zero-order valence-corrected chi connectivity index (χ0v) is 14.1. The second kappa shape index (κ2) is 6.74. The third-order valence-corrected chi connectivity index (χ3v) is 4.69. The number of para-hydroxylation sites is 1. The third kappa shape index (κ3) is 3.00. The number of aryl methyl sites for hydroxylation is 1. The number of rotatable bonds is 4. The van der Waals surface area contributed by atoms with E-state index in [2.05, 4.69) is 34.5 Å². The van der Waals surface area contributed by atoms with Crippen LogP contribution in [-0.4, -0.2) is 21.4 Å². The van der Waals surface area contributed by atoms with Crippen molar-refractivity contribution in [1.29, 1.82) is 0 Å². The first-order valence-electron chi connectivity index (χ1n) is 8.39. The van der Waals surface area contributed by atoms with E-state index < -0.39 is 6.61 Å². The second-order valence-electron chi connectivity index (χ2n) is 6.25. The van der Waals surface area contributed by atoms with Crippen LogP contribution < -0.4 is 10.1 Å². The fourth-order valence-electron chi connectivity index (χ4n) is 3.52. The quantitative estimate of drug-likeness (QED) is 0.756. The van der Waals surface area contributed by atoms with Gasteiger partial charge in [-0.3, -0.25) is 0 Å². The Hall–Kier alpha value is -2.96. The minimum atomic E-state index is -2.87. The molecular weight excluding hydrogens is 338 g/mol. The minimum Gasteiger partial charge on any atom is -0.434 e. The van der Waals surface area contributed by atoms with Gasteiger partial charge in [-0.1, -0.05) is 42.5 Å². The summed E-state index contributed by atoms with van der Waals surface area (Å²) >= 11 is 0. The zero-order chi connectivity index (χ0) is 18.1. The number of alkyl halides is 2. The summed E-state index contributed by atoms with van der Waals surface area (Å²) in [4.78, 5) is 4.28. The second-order valence-corrected chi connectivity index (χ2v) is 6.25. The molecule has 1 N–H and O–H groups in total. The number of nitrogens with one attached hydrogen (secondary N) is 1.